The molecule has 0 saturated carbocycles. The van der Waals surface area contributed by atoms with Crippen LogP contribution in [0.25, 0.3) is 0 Å². The van der Waals surface area contributed by atoms with Gasteiger partial charge in [0.1, 0.15) is 11.9 Å². The van der Waals surface area contributed by atoms with E-state index in [2.05, 4.69) is 32.8 Å². The van der Waals surface area contributed by atoms with Gasteiger partial charge in [-0.2, -0.15) is 0 Å². The number of nitrogens with one attached hydrogen (secondary N) is 1. The quantitative estimate of drug-likeness (QED) is 0.481. The number of hydrogen-bond acceptors (Lipinski definition) is 2. The van der Waals surface area contributed by atoms with Gasteiger partial charge in [0.05, 0.1) is 11.0 Å². The van der Waals surface area contributed by atoms with E-state index in [0.29, 0.717) is 19.0 Å². The summed E-state index contributed by atoms with van der Waals surface area (Å²) in [5.74, 6) is 1.20. The molecule has 1 aromatic carbocycles. The standard InChI is InChI=1S/C13H18BrN3O/c1-3-8-16-13(15)17-9-10(2)18-12-7-5-4-6-11(12)14/h3-7,10H,1,8-9H2,2H3,(H3,15,16,17). The Hall–Kier alpha value is -1.49. The molecule has 0 aliphatic rings. The van der Waals surface area contributed by atoms with Crippen LogP contribution in [0.1, 0.15) is 6.92 Å². The highest BCUT2D eigenvalue weighted by Gasteiger charge is 2.05. The molecule has 0 aliphatic heterocycles. The molecule has 1 unspecified atom stereocenters. The zero-order valence-electron chi connectivity index (χ0n) is 10.4. The van der Waals surface area contributed by atoms with E-state index in [0.717, 1.165) is 10.2 Å². The molecule has 0 aromatic heterocycles. The van der Waals surface area contributed by atoms with Crippen LogP contribution in [0.15, 0.2) is 46.4 Å². The third-order valence-electron chi connectivity index (χ3n) is 2.11. The SMILES string of the molecule is C=CCNC(N)=NCC(C)Oc1ccccc1Br. The second-order valence-corrected chi connectivity index (χ2v) is 4.61. The summed E-state index contributed by atoms with van der Waals surface area (Å²) in [5.41, 5.74) is 5.66. The molecule has 4 nitrogen and oxygen atoms in total. The summed E-state index contributed by atoms with van der Waals surface area (Å²) in [6, 6.07) is 7.71. The van der Waals surface area contributed by atoms with Gasteiger partial charge in [0, 0.05) is 6.54 Å². The smallest absolute Gasteiger partial charge is 0.188 e. The lowest BCUT2D eigenvalue weighted by Gasteiger charge is -2.14. The minimum atomic E-state index is -0.0484. The zero-order chi connectivity index (χ0) is 13.4. The second kappa shape index (κ2) is 7.76. The van der Waals surface area contributed by atoms with E-state index in [4.69, 9.17) is 10.5 Å². The number of nitrogens with zero attached hydrogens (tertiary/aromatic N) is 1. The van der Waals surface area contributed by atoms with Gasteiger partial charge in [-0.1, -0.05) is 18.2 Å². The molecule has 0 spiro atoms. The van der Waals surface area contributed by atoms with E-state index in [1.807, 2.05) is 31.2 Å². The molecule has 0 heterocycles. The van der Waals surface area contributed by atoms with Crippen LogP contribution in [0.2, 0.25) is 0 Å². The molecule has 0 amide bonds. The average molecular weight is 312 g/mol. The van der Waals surface area contributed by atoms with Crippen molar-refractivity contribution in [3.05, 3.63) is 41.4 Å². The molecule has 1 atom stereocenters. The molecule has 1 rings (SSSR count). The Labute approximate surface area is 116 Å². The summed E-state index contributed by atoms with van der Waals surface area (Å²) >= 11 is 3.43. The topological polar surface area (TPSA) is 59.6 Å². The minimum absolute atomic E-state index is 0.0484. The van der Waals surface area contributed by atoms with Crippen molar-refractivity contribution < 1.29 is 4.74 Å². The Bertz CT molecular complexity index is 420. The van der Waals surface area contributed by atoms with Gasteiger partial charge >= 0.3 is 0 Å². The van der Waals surface area contributed by atoms with Crippen LogP contribution in [-0.2, 0) is 0 Å². The summed E-state index contributed by atoms with van der Waals surface area (Å²) in [6.07, 6.45) is 1.68. The first-order chi connectivity index (χ1) is 8.63. The van der Waals surface area contributed by atoms with Crippen LogP contribution in [0, 0.1) is 0 Å². The van der Waals surface area contributed by atoms with Crippen molar-refractivity contribution in [2.75, 3.05) is 13.1 Å². The van der Waals surface area contributed by atoms with Gasteiger partial charge in [-0.25, -0.2) is 4.99 Å². The fourth-order valence-electron chi connectivity index (χ4n) is 1.25. The number of hydrogen-bond donors (Lipinski definition) is 2. The first-order valence-electron chi connectivity index (χ1n) is 5.69. The molecular weight excluding hydrogens is 294 g/mol. The van der Waals surface area contributed by atoms with E-state index in [9.17, 15) is 0 Å². The Kier molecular flexibility index (Phi) is 6.28. The maximum atomic E-state index is 5.74. The van der Waals surface area contributed by atoms with Crippen molar-refractivity contribution in [1.82, 2.24) is 5.32 Å². The normalized spacial score (nSPS) is 12.9. The van der Waals surface area contributed by atoms with Crippen molar-refractivity contribution in [3.8, 4) is 5.75 Å². The number of para-hydroxylation sites is 1. The molecule has 0 bridgehead atoms. The second-order valence-electron chi connectivity index (χ2n) is 3.75. The Morgan fingerprint density at radius 3 is 3.00 bits per heavy atom. The molecule has 1 aromatic rings. The first-order valence-corrected chi connectivity index (χ1v) is 6.48. The van der Waals surface area contributed by atoms with E-state index < -0.39 is 0 Å². The predicted molar refractivity (Wildman–Crippen MR) is 78.9 cm³/mol. The molecule has 3 N–H and O–H groups in total. The van der Waals surface area contributed by atoms with E-state index >= 15 is 0 Å². The maximum Gasteiger partial charge on any atom is 0.188 e. The number of halogens is 1. The van der Waals surface area contributed by atoms with Crippen molar-refractivity contribution in [1.29, 1.82) is 0 Å². The van der Waals surface area contributed by atoms with Crippen LogP contribution in [0.3, 0.4) is 0 Å². The molecule has 0 fully saturated rings. The van der Waals surface area contributed by atoms with Gasteiger partial charge < -0.3 is 15.8 Å². The van der Waals surface area contributed by atoms with E-state index in [-0.39, 0.29) is 6.10 Å². The lowest BCUT2D eigenvalue weighted by atomic mass is 10.3. The van der Waals surface area contributed by atoms with Gasteiger partial charge in [-0.15, -0.1) is 6.58 Å². The maximum absolute atomic E-state index is 5.74. The molecule has 0 radical (unpaired) electrons. The fourth-order valence-corrected chi connectivity index (χ4v) is 1.63. The Morgan fingerprint density at radius 1 is 1.61 bits per heavy atom. The van der Waals surface area contributed by atoms with Gasteiger partial charge in [-0.3, -0.25) is 0 Å². The highest BCUT2D eigenvalue weighted by Crippen LogP contribution is 2.24. The van der Waals surface area contributed by atoms with Crippen LogP contribution in [0.5, 0.6) is 5.75 Å². The zero-order valence-corrected chi connectivity index (χ0v) is 12.0. The molecule has 18 heavy (non-hydrogen) atoms. The van der Waals surface area contributed by atoms with Gasteiger partial charge in [-0.05, 0) is 35.0 Å². The predicted octanol–water partition coefficient (Wildman–Crippen LogP) is 2.31. The molecule has 5 heteroatoms. The Balaban J connectivity index is 2.44. The van der Waals surface area contributed by atoms with Crippen LogP contribution in [-0.4, -0.2) is 25.2 Å². The summed E-state index contributed by atoms with van der Waals surface area (Å²) in [6.45, 7) is 6.64. The monoisotopic (exact) mass is 311 g/mol. The van der Waals surface area contributed by atoms with Gasteiger partial charge in [0.2, 0.25) is 0 Å². The van der Waals surface area contributed by atoms with Crippen molar-refractivity contribution >= 4 is 21.9 Å². The largest absolute Gasteiger partial charge is 0.488 e. The average Bonchev–Trinajstić information content (AvgIpc) is 2.36. The summed E-state index contributed by atoms with van der Waals surface area (Å²) in [7, 11) is 0. The third-order valence-corrected chi connectivity index (χ3v) is 2.77. The number of benzene rings is 1. The van der Waals surface area contributed by atoms with Crippen molar-refractivity contribution in [2.45, 2.75) is 13.0 Å². The number of ether oxygens (including phenoxy) is 1. The van der Waals surface area contributed by atoms with Crippen LogP contribution >= 0.6 is 15.9 Å². The number of guanidine groups is 1. The summed E-state index contributed by atoms with van der Waals surface area (Å²) in [4.78, 5) is 4.18. The first kappa shape index (κ1) is 14.6. The summed E-state index contributed by atoms with van der Waals surface area (Å²) < 4.78 is 6.67. The number of nitrogens with two attached hydrogens (primary N) is 1. The van der Waals surface area contributed by atoms with Crippen molar-refractivity contribution in [2.24, 2.45) is 10.7 Å². The molecule has 0 saturated heterocycles. The van der Waals surface area contributed by atoms with Crippen LogP contribution in [0.4, 0.5) is 0 Å². The summed E-state index contributed by atoms with van der Waals surface area (Å²) in [5, 5.41) is 2.91. The lowest BCUT2D eigenvalue weighted by Crippen LogP contribution is -2.33. The lowest BCUT2D eigenvalue weighted by molar-refractivity contribution is 0.229. The van der Waals surface area contributed by atoms with E-state index in [1.165, 1.54) is 0 Å². The molecule has 98 valence electrons. The fraction of sp³-hybridized carbons (Fsp3) is 0.308. The Morgan fingerprint density at radius 2 is 2.33 bits per heavy atom. The highest BCUT2D eigenvalue weighted by molar-refractivity contribution is 9.10. The van der Waals surface area contributed by atoms with E-state index in [1.54, 1.807) is 6.08 Å². The third kappa shape index (κ3) is 5.23. The van der Waals surface area contributed by atoms with Gasteiger partial charge in [0.15, 0.2) is 5.96 Å². The highest BCUT2D eigenvalue weighted by atomic mass is 79.9. The van der Waals surface area contributed by atoms with Crippen LogP contribution < -0.4 is 15.8 Å². The van der Waals surface area contributed by atoms with Gasteiger partial charge in [0.25, 0.3) is 0 Å². The molecular formula is C13H18BrN3O. The van der Waals surface area contributed by atoms with Crippen molar-refractivity contribution in [3.63, 3.8) is 0 Å². The molecule has 0 aliphatic carbocycles. The number of aliphatic imine (C=N–C) groups is 1. The number of rotatable bonds is 6. The minimum Gasteiger partial charge on any atom is -0.488 e.